The van der Waals surface area contributed by atoms with E-state index < -0.39 is 5.54 Å². The van der Waals surface area contributed by atoms with Crippen molar-refractivity contribution in [3.05, 3.63) is 48.9 Å². The molecule has 0 saturated carbocycles. The first-order valence-corrected chi connectivity index (χ1v) is 12.6. The predicted molar refractivity (Wildman–Crippen MR) is 140 cm³/mol. The second-order valence-corrected chi connectivity index (χ2v) is 8.09. The molecule has 2 atom stereocenters. The van der Waals surface area contributed by atoms with Crippen LogP contribution in [0.3, 0.4) is 0 Å². The van der Waals surface area contributed by atoms with Gasteiger partial charge in [-0.2, -0.15) is 4.98 Å². The Bertz CT molecular complexity index is 1100. The van der Waals surface area contributed by atoms with Crippen LogP contribution in [-0.4, -0.2) is 44.1 Å². The lowest BCUT2D eigenvalue weighted by atomic mass is 9.89. The first kappa shape index (κ1) is 25.4. The average molecular weight is 463 g/mol. The molecule has 3 aromatic rings. The number of amides is 1. The van der Waals surface area contributed by atoms with Crippen molar-refractivity contribution in [2.24, 2.45) is 0 Å². The highest BCUT2D eigenvalue weighted by Crippen LogP contribution is 2.48. The lowest BCUT2D eigenvalue weighted by Gasteiger charge is -2.47. The summed E-state index contributed by atoms with van der Waals surface area (Å²) in [6, 6.07) is 10.3. The van der Waals surface area contributed by atoms with E-state index in [4.69, 9.17) is 4.98 Å². The van der Waals surface area contributed by atoms with Gasteiger partial charge in [0.2, 0.25) is 5.95 Å². The molecule has 2 unspecified atom stereocenters. The lowest BCUT2D eigenvalue weighted by molar-refractivity contribution is -0.123. The normalized spacial score (nSPS) is 20.6. The zero-order valence-corrected chi connectivity index (χ0v) is 21.6. The van der Waals surface area contributed by atoms with Crippen LogP contribution in [0.1, 0.15) is 67.2 Å². The molecule has 7 nitrogen and oxygen atoms in total. The molecule has 1 aromatic carbocycles. The number of nitrogens with zero attached hydrogens (tertiary/aromatic N) is 6. The number of carbonyl (C=O) groups is 1. The van der Waals surface area contributed by atoms with Crippen molar-refractivity contribution in [1.82, 2.24) is 19.5 Å². The molecule has 182 valence electrons. The number of hydrogen-bond donors (Lipinski definition) is 0. The minimum Gasteiger partial charge on any atom is -0.337 e. The number of rotatable bonds is 4. The van der Waals surface area contributed by atoms with Crippen molar-refractivity contribution in [3.63, 3.8) is 0 Å². The zero-order valence-electron chi connectivity index (χ0n) is 21.6. The minimum absolute atomic E-state index is 0.150. The van der Waals surface area contributed by atoms with Gasteiger partial charge in [-0.05, 0) is 25.7 Å². The van der Waals surface area contributed by atoms with E-state index >= 15 is 0 Å². The molecule has 2 aliphatic rings. The van der Waals surface area contributed by atoms with Crippen LogP contribution in [-0.2, 0) is 4.79 Å². The number of aromatic nitrogens is 4. The summed E-state index contributed by atoms with van der Waals surface area (Å²) >= 11 is 0. The van der Waals surface area contributed by atoms with Crippen LogP contribution in [0.5, 0.6) is 0 Å². The third kappa shape index (κ3) is 3.97. The van der Waals surface area contributed by atoms with Crippen molar-refractivity contribution in [1.29, 1.82) is 0 Å². The molecule has 34 heavy (non-hydrogen) atoms. The smallest absolute Gasteiger partial charge is 0.252 e. The maximum Gasteiger partial charge on any atom is 0.252 e. The van der Waals surface area contributed by atoms with Gasteiger partial charge in [0.25, 0.3) is 5.91 Å². The van der Waals surface area contributed by atoms with Gasteiger partial charge in [-0.1, -0.05) is 71.9 Å². The Morgan fingerprint density at radius 2 is 1.76 bits per heavy atom. The van der Waals surface area contributed by atoms with Gasteiger partial charge in [0.05, 0.1) is 6.20 Å². The van der Waals surface area contributed by atoms with Crippen LogP contribution < -0.4 is 9.80 Å². The molecule has 0 bridgehead atoms. The summed E-state index contributed by atoms with van der Waals surface area (Å²) < 4.78 is 1.91. The molecule has 0 spiro atoms. The summed E-state index contributed by atoms with van der Waals surface area (Å²) in [6.45, 7) is 12.3. The molecular formula is C27H38N6O. The Morgan fingerprint density at radius 1 is 1.06 bits per heavy atom. The number of fused-ring (bicyclic) bond motifs is 3. The van der Waals surface area contributed by atoms with Crippen LogP contribution in [0.15, 0.2) is 48.9 Å². The van der Waals surface area contributed by atoms with Crippen molar-refractivity contribution in [2.75, 3.05) is 16.8 Å². The molecule has 2 aliphatic heterocycles. The highest BCUT2D eigenvalue weighted by molar-refractivity contribution is 6.08. The van der Waals surface area contributed by atoms with Crippen LogP contribution >= 0.6 is 0 Å². The number of anilines is 2. The highest BCUT2D eigenvalue weighted by Gasteiger charge is 2.55. The molecular weight excluding hydrogens is 424 g/mol. The number of benzene rings is 1. The molecule has 1 fully saturated rings. The third-order valence-electron chi connectivity index (χ3n) is 6.69. The number of hydrogen-bond acceptors (Lipinski definition) is 5. The van der Waals surface area contributed by atoms with Gasteiger partial charge in [0.1, 0.15) is 17.1 Å². The van der Waals surface area contributed by atoms with Crippen LogP contribution in [0.25, 0.3) is 17.3 Å². The van der Waals surface area contributed by atoms with Crippen LogP contribution in [0.4, 0.5) is 11.5 Å². The van der Waals surface area contributed by atoms with Crippen molar-refractivity contribution >= 4 is 17.4 Å². The summed E-state index contributed by atoms with van der Waals surface area (Å²) in [5.41, 5.74) is 1.27. The Hall–Kier alpha value is -3.22. The van der Waals surface area contributed by atoms with Gasteiger partial charge < -0.3 is 9.80 Å². The molecule has 7 heteroatoms. The second-order valence-electron chi connectivity index (χ2n) is 8.09. The van der Waals surface area contributed by atoms with E-state index in [1.54, 1.807) is 17.3 Å². The Labute approximate surface area is 203 Å². The largest absolute Gasteiger partial charge is 0.337 e. The average Bonchev–Trinajstić information content (AvgIpc) is 3.56. The SMILES string of the molecule is CC.CC.CCC1CCC2(CC)C(=O)N(C)c3cnc(-n4ccnc4-c4ccccc4)nc3N12. The number of carbonyl (C=O) groups excluding carboxylic acids is 1. The van der Waals surface area contributed by atoms with Gasteiger partial charge >= 0.3 is 0 Å². The number of likely N-dealkylation sites (N-methyl/N-ethyl adjacent to an activating group) is 1. The molecule has 5 rings (SSSR count). The topological polar surface area (TPSA) is 67.2 Å². The van der Waals surface area contributed by atoms with E-state index in [0.717, 1.165) is 48.6 Å². The standard InChI is InChI=1S/C23H26N6O.2C2H6/c1-4-17-11-12-23(5-2)21(30)27(3)18-15-25-22(26-20(18)29(17)23)28-14-13-24-19(28)16-9-7-6-8-10-16;2*1-2/h6-10,13-15,17H,4-5,11-12H2,1-3H3;2*1-2H3. The van der Waals surface area contributed by atoms with E-state index in [-0.39, 0.29) is 5.91 Å². The zero-order chi connectivity index (χ0) is 24.9. The first-order chi connectivity index (χ1) is 16.6. The molecule has 1 amide bonds. The fourth-order valence-electron chi connectivity index (χ4n) is 5.05. The van der Waals surface area contributed by atoms with Crippen molar-refractivity contribution in [2.45, 2.75) is 78.8 Å². The second kappa shape index (κ2) is 10.8. The molecule has 2 aromatic heterocycles. The van der Waals surface area contributed by atoms with Gasteiger partial charge in [-0.25, -0.2) is 9.97 Å². The summed E-state index contributed by atoms with van der Waals surface area (Å²) in [6.07, 6.45) is 9.05. The van der Waals surface area contributed by atoms with E-state index in [0.29, 0.717) is 12.0 Å². The number of imidazole rings is 1. The summed E-state index contributed by atoms with van der Waals surface area (Å²) in [5.74, 6) is 2.36. The maximum absolute atomic E-state index is 13.4. The van der Waals surface area contributed by atoms with E-state index in [2.05, 4.69) is 28.7 Å². The van der Waals surface area contributed by atoms with Gasteiger partial charge in [-0.3, -0.25) is 9.36 Å². The molecule has 4 heterocycles. The first-order valence-electron chi connectivity index (χ1n) is 12.6. The molecule has 0 radical (unpaired) electrons. The summed E-state index contributed by atoms with van der Waals surface area (Å²) in [7, 11) is 1.84. The van der Waals surface area contributed by atoms with Crippen LogP contribution in [0, 0.1) is 0 Å². The van der Waals surface area contributed by atoms with Crippen LogP contribution in [0.2, 0.25) is 0 Å². The van der Waals surface area contributed by atoms with Gasteiger partial charge in [-0.15, -0.1) is 0 Å². The predicted octanol–water partition coefficient (Wildman–Crippen LogP) is 5.89. The van der Waals surface area contributed by atoms with E-state index in [9.17, 15) is 4.79 Å². The highest BCUT2D eigenvalue weighted by atomic mass is 16.2. The fourth-order valence-corrected chi connectivity index (χ4v) is 5.05. The Morgan fingerprint density at radius 3 is 2.41 bits per heavy atom. The molecule has 0 N–H and O–H groups in total. The monoisotopic (exact) mass is 462 g/mol. The summed E-state index contributed by atoms with van der Waals surface area (Å²) in [5, 5.41) is 0. The summed E-state index contributed by atoms with van der Waals surface area (Å²) in [4.78, 5) is 31.5. The Balaban J connectivity index is 0.000000771. The Kier molecular flexibility index (Phi) is 8.07. The van der Waals surface area contributed by atoms with Crippen molar-refractivity contribution < 1.29 is 4.79 Å². The van der Waals surface area contributed by atoms with Gasteiger partial charge in [0.15, 0.2) is 5.82 Å². The quantitative estimate of drug-likeness (QED) is 0.484. The minimum atomic E-state index is -0.509. The molecule has 0 aliphatic carbocycles. The molecule has 1 saturated heterocycles. The lowest BCUT2D eigenvalue weighted by Crippen LogP contribution is -2.61. The maximum atomic E-state index is 13.4. The fraction of sp³-hybridized carbons (Fsp3) is 0.481. The van der Waals surface area contributed by atoms with Gasteiger partial charge in [0, 0.05) is 31.0 Å². The van der Waals surface area contributed by atoms with E-state index in [1.807, 2.05) is 75.8 Å². The third-order valence-corrected chi connectivity index (χ3v) is 6.69. The van der Waals surface area contributed by atoms with Crippen molar-refractivity contribution in [3.8, 4) is 17.3 Å². The van der Waals surface area contributed by atoms with E-state index in [1.165, 1.54) is 0 Å².